The molecule has 2 heterocycles. The van der Waals surface area contributed by atoms with Crippen molar-refractivity contribution in [1.29, 1.82) is 0 Å². The molecular weight excluding hydrogens is 258 g/mol. The normalized spacial score (nSPS) is 10.9. The summed E-state index contributed by atoms with van der Waals surface area (Å²) in [7, 11) is 0. The number of nitrogens with zero attached hydrogens (tertiary/aromatic N) is 5. The molecular formula is C10H10ClN5O2. The van der Waals surface area contributed by atoms with Crippen LogP contribution in [0.15, 0.2) is 18.5 Å². The topological polar surface area (TPSA) is 86.7 Å². The molecule has 0 saturated heterocycles. The van der Waals surface area contributed by atoms with E-state index in [2.05, 4.69) is 15.3 Å². The van der Waals surface area contributed by atoms with Crippen LogP contribution in [0.2, 0.25) is 5.15 Å². The molecule has 0 unspecified atom stereocenters. The van der Waals surface area contributed by atoms with Gasteiger partial charge in [0.25, 0.3) is 0 Å². The second-order valence-corrected chi connectivity index (χ2v) is 4.33. The van der Waals surface area contributed by atoms with Crippen molar-refractivity contribution < 1.29 is 4.92 Å². The summed E-state index contributed by atoms with van der Waals surface area (Å²) in [6.45, 7) is 3.92. The van der Waals surface area contributed by atoms with Gasteiger partial charge < -0.3 is 0 Å². The third kappa shape index (κ3) is 2.17. The van der Waals surface area contributed by atoms with E-state index >= 15 is 0 Å². The van der Waals surface area contributed by atoms with Crippen molar-refractivity contribution in [2.45, 2.75) is 19.8 Å². The van der Waals surface area contributed by atoms with E-state index in [0.717, 1.165) is 5.69 Å². The van der Waals surface area contributed by atoms with Crippen molar-refractivity contribution in [2.75, 3.05) is 0 Å². The van der Waals surface area contributed by atoms with E-state index in [1.54, 1.807) is 6.20 Å². The fourth-order valence-electron chi connectivity index (χ4n) is 1.43. The van der Waals surface area contributed by atoms with Crippen LogP contribution in [0.5, 0.6) is 0 Å². The minimum atomic E-state index is -0.582. The van der Waals surface area contributed by atoms with Crippen molar-refractivity contribution in [3.8, 4) is 5.69 Å². The van der Waals surface area contributed by atoms with E-state index < -0.39 is 4.92 Å². The average molecular weight is 268 g/mol. The molecule has 0 atom stereocenters. The lowest BCUT2D eigenvalue weighted by Gasteiger charge is -2.02. The second-order valence-electron chi connectivity index (χ2n) is 3.97. The highest BCUT2D eigenvalue weighted by Crippen LogP contribution is 2.28. The first-order chi connectivity index (χ1) is 8.50. The molecule has 2 rings (SSSR count). The molecule has 0 amide bonds. The molecule has 0 aromatic carbocycles. The van der Waals surface area contributed by atoms with Crippen molar-refractivity contribution in [2.24, 2.45) is 0 Å². The van der Waals surface area contributed by atoms with Gasteiger partial charge in [0, 0.05) is 6.20 Å². The highest BCUT2D eigenvalue weighted by molar-refractivity contribution is 6.31. The number of hydrogen-bond donors (Lipinski definition) is 0. The Morgan fingerprint density at radius 1 is 1.50 bits per heavy atom. The number of rotatable bonds is 3. The lowest BCUT2D eigenvalue weighted by molar-refractivity contribution is -0.384. The summed E-state index contributed by atoms with van der Waals surface area (Å²) in [4.78, 5) is 14.1. The number of pyridine rings is 1. The molecule has 0 radical (unpaired) electrons. The SMILES string of the molecule is CC(C)c1cn(-c2ccnc(Cl)c2[N+](=O)[O-])nn1. The number of halogens is 1. The molecule has 0 aliphatic heterocycles. The van der Waals surface area contributed by atoms with Crippen LogP contribution in [0.25, 0.3) is 5.69 Å². The minimum Gasteiger partial charge on any atom is -0.258 e. The van der Waals surface area contributed by atoms with Crippen LogP contribution in [0, 0.1) is 10.1 Å². The molecule has 0 aliphatic rings. The third-order valence-corrected chi connectivity index (χ3v) is 2.67. The van der Waals surface area contributed by atoms with Crippen molar-refractivity contribution in [3.63, 3.8) is 0 Å². The highest BCUT2D eigenvalue weighted by Gasteiger charge is 2.22. The van der Waals surface area contributed by atoms with E-state index in [1.165, 1.54) is 16.9 Å². The van der Waals surface area contributed by atoms with Crippen molar-refractivity contribution >= 4 is 17.3 Å². The molecule has 7 nitrogen and oxygen atoms in total. The fourth-order valence-corrected chi connectivity index (χ4v) is 1.65. The van der Waals surface area contributed by atoms with Gasteiger partial charge in [0.05, 0.1) is 16.8 Å². The molecule has 0 saturated carbocycles. The summed E-state index contributed by atoms with van der Waals surface area (Å²) in [6.07, 6.45) is 3.03. The number of aromatic nitrogens is 4. The molecule has 0 spiro atoms. The first-order valence-electron chi connectivity index (χ1n) is 5.22. The lowest BCUT2D eigenvalue weighted by atomic mass is 10.2. The molecule has 2 aromatic heterocycles. The smallest absolute Gasteiger partial charge is 0.258 e. The Morgan fingerprint density at radius 2 is 2.22 bits per heavy atom. The largest absolute Gasteiger partial charge is 0.331 e. The Hall–Kier alpha value is -2.02. The molecule has 2 aromatic rings. The van der Waals surface area contributed by atoms with E-state index in [4.69, 9.17) is 11.6 Å². The maximum Gasteiger partial charge on any atom is 0.331 e. The van der Waals surface area contributed by atoms with Crippen LogP contribution < -0.4 is 0 Å². The zero-order valence-electron chi connectivity index (χ0n) is 9.74. The average Bonchev–Trinajstić information content (AvgIpc) is 2.77. The number of nitro groups is 1. The lowest BCUT2D eigenvalue weighted by Crippen LogP contribution is -2.02. The van der Waals surface area contributed by atoms with Crippen molar-refractivity contribution in [3.05, 3.63) is 39.4 Å². The summed E-state index contributed by atoms with van der Waals surface area (Å²) in [5.41, 5.74) is 0.719. The van der Waals surface area contributed by atoms with Gasteiger partial charge in [0.1, 0.15) is 5.69 Å². The van der Waals surface area contributed by atoms with E-state index in [0.29, 0.717) is 0 Å². The van der Waals surface area contributed by atoms with Crippen LogP contribution in [0.4, 0.5) is 5.69 Å². The summed E-state index contributed by atoms with van der Waals surface area (Å²) >= 11 is 5.73. The Bertz CT molecular complexity index is 596. The molecule has 0 fully saturated rings. The van der Waals surface area contributed by atoms with Crippen LogP contribution in [0.1, 0.15) is 25.5 Å². The van der Waals surface area contributed by atoms with Gasteiger partial charge in [-0.2, -0.15) is 0 Å². The first kappa shape index (κ1) is 12.4. The zero-order chi connectivity index (χ0) is 13.3. The Morgan fingerprint density at radius 3 is 2.78 bits per heavy atom. The van der Waals surface area contributed by atoms with Gasteiger partial charge in [-0.1, -0.05) is 30.7 Å². The third-order valence-electron chi connectivity index (χ3n) is 2.39. The van der Waals surface area contributed by atoms with E-state index in [1.807, 2.05) is 13.8 Å². The summed E-state index contributed by atoms with van der Waals surface area (Å²) in [6, 6.07) is 1.48. The van der Waals surface area contributed by atoms with Crippen LogP contribution in [0.3, 0.4) is 0 Å². The van der Waals surface area contributed by atoms with Gasteiger partial charge in [-0.05, 0) is 12.0 Å². The molecule has 0 bridgehead atoms. The van der Waals surface area contributed by atoms with Gasteiger partial charge in [-0.25, -0.2) is 9.67 Å². The predicted octanol–water partition coefficient (Wildman–Crippen LogP) is 2.35. The number of hydrogen-bond acceptors (Lipinski definition) is 5. The standard InChI is InChI=1S/C10H10ClN5O2/c1-6(2)7-5-15(14-13-7)8-3-4-12-10(11)9(8)16(17)18/h3-6H,1-2H3. The van der Waals surface area contributed by atoms with Crippen LogP contribution in [-0.2, 0) is 0 Å². The molecule has 8 heteroatoms. The minimum absolute atomic E-state index is 0.168. The predicted molar refractivity (Wildman–Crippen MR) is 64.9 cm³/mol. The Balaban J connectivity index is 2.56. The Kier molecular flexibility index (Phi) is 3.24. The monoisotopic (exact) mass is 267 g/mol. The Labute approximate surface area is 108 Å². The first-order valence-corrected chi connectivity index (χ1v) is 5.60. The quantitative estimate of drug-likeness (QED) is 0.484. The molecule has 18 heavy (non-hydrogen) atoms. The summed E-state index contributed by atoms with van der Waals surface area (Å²) < 4.78 is 1.33. The van der Waals surface area contributed by atoms with Gasteiger partial charge in [-0.15, -0.1) is 5.10 Å². The van der Waals surface area contributed by atoms with Gasteiger partial charge in [0.15, 0.2) is 0 Å². The highest BCUT2D eigenvalue weighted by atomic mass is 35.5. The van der Waals surface area contributed by atoms with Gasteiger partial charge in [-0.3, -0.25) is 10.1 Å². The van der Waals surface area contributed by atoms with E-state index in [-0.39, 0.29) is 22.4 Å². The summed E-state index contributed by atoms with van der Waals surface area (Å²) in [5, 5.41) is 18.6. The van der Waals surface area contributed by atoms with Crippen molar-refractivity contribution in [1.82, 2.24) is 20.0 Å². The maximum atomic E-state index is 11.0. The van der Waals surface area contributed by atoms with Gasteiger partial charge in [0.2, 0.25) is 5.15 Å². The molecule has 0 N–H and O–H groups in total. The fraction of sp³-hybridized carbons (Fsp3) is 0.300. The van der Waals surface area contributed by atoms with Crippen LogP contribution >= 0.6 is 11.6 Å². The maximum absolute atomic E-state index is 11.0. The molecule has 94 valence electrons. The van der Waals surface area contributed by atoms with Gasteiger partial charge >= 0.3 is 5.69 Å². The summed E-state index contributed by atoms with van der Waals surface area (Å²) in [5.74, 6) is 0.190. The molecule has 0 aliphatic carbocycles. The second kappa shape index (κ2) is 4.69. The zero-order valence-corrected chi connectivity index (χ0v) is 10.5. The van der Waals surface area contributed by atoms with E-state index in [9.17, 15) is 10.1 Å². The van der Waals surface area contributed by atoms with Crippen LogP contribution in [-0.4, -0.2) is 24.9 Å².